The van der Waals surface area contributed by atoms with Gasteiger partial charge >= 0.3 is 5.97 Å². The Labute approximate surface area is 111 Å². The van der Waals surface area contributed by atoms with Gasteiger partial charge in [-0.3, -0.25) is 0 Å². The monoisotopic (exact) mass is 266 g/mol. The number of rotatable bonds is 4. The van der Waals surface area contributed by atoms with Crippen molar-refractivity contribution < 1.29 is 14.3 Å². The maximum absolute atomic E-state index is 13.8. The summed E-state index contributed by atoms with van der Waals surface area (Å²) in [4.78, 5) is 11.0. The van der Waals surface area contributed by atoms with E-state index in [0.29, 0.717) is 5.92 Å². The molecule has 1 aliphatic rings. The van der Waals surface area contributed by atoms with Crippen LogP contribution in [0, 0.1) is 11.7 Å². The molecule has 4 nitrogen and oxygen atoms in total. The molecule has 0 aromatic heterocycles. The predicted molar refractivity (Wildman–Crippen MR) is 72.8 cm³/mol. The Morgan fingerprint density at radius 2 is 2.11 bits per heavy atom. The molecule has 1 aromatic rings. The number of carboxylic acid groups (broad SMARTS) is 1. The first-order valence-electron chi connectivity index (χ1n) is 6.58. The van der Waals surface area contributed by atoms with E-state index in [9.17, 15) is 9.18 Å². The Bertz CT molecular complexity index is 485. The van der Waals surface area contributed by atoms with Crippen LogP contribution >= 0.6 is 0 Å². The second kappa shape index (κ2) is 5.47. The van der Waals surface area contributed by atoms with Crippen molar-refractivity contribution in [3.63, 3.8) is 0 Å². The molecular formula is C14H19FN2O2. The molecule has 0 amide bonds. The molecule has 19 heavy (non-hydrogen) atoms. The highest BCUT2D eigenvalue weighted by atomic mass is 19.1. The summed E-state index contributed by atoms with van der Waals surface area (Å²) < 4.78 is 13.8. The molecule has 1 atom stereocenters. The highest BCUT2D eigenvalue weighted by Gasteiger charge is 2.23. The first kappa shape index (κ1) is 13.6. The summed E-state index contributed by atoms with van der Waals surface area (Å²) in [6.45, 7) is 2.01. The van der Waals surface area contributed by atoms with Crippen LogP contribution < -0.4 is 11.1 Å². The zero-order valence-electron chi connectivity index (χ0n) is 10.9. The smallest absolute Gasteiger partial charge is 0.337 e. The minimum atomic E-state index is -1.14. The van der Waals surface area contributed by atoms with Crippen LogP contribution in [0.3, 0.4) is 0 Å². The van der Waals surface area contributed by atoms with Gasteiger partial charge in [0.05, 0.1) is 11.3 Å². The third-order valence-corrected chi connectivity index (χ3v) is 3.86. The van der Waals surface area contributed by atoms with Gasteiger partial charge in [-0.15, -0.1) is 0 Å². The molecule has 5 heteroatoms. The molecule has 0 bridgehead atoms. The summed E-state index contributed by atoms with van der Waals surface area (Å²) in [5, 5.41) is 12.1. The molecule has 0 radical (unpaired) electrons. The van der Waals surface area contributed by atoms with E-state index in [-0.39, 0.29) is 23.0 Å². The topological polar surface area (TPSA) is 75.3 Å². The number of carboxylic acids is 1. The van der Waals surface area contributed by atoms with Crippen molar-refractivity contribution in [2.75, 3.05) is 11.1 Å². The lowest BCUT2D eigenvalue weighted by Crippen LogP contribution is -2.24. The van der Waals surface area contributed by atoms with Gasteiger partial charge in [-0.25, -0.2) is 9.18 Å². The normalized spacial score (nSPS) is 17.4. The van der Waals surface area contributed by atoms with Crippen LogP contribution in [0.5, 0.6) is 0 Å². The molecule has 2 rings (SSSR count). The van der Waals surface area contributed by atoms with Gasteiger partial charge in [-0.2, -0.15) is 0 Å². The average Bonchev–Trinajstić information content (AvgIpc) is 2.85. The van der Waals surface area contributed by atoms with Crippen molar-refractivity contribution in [2.45, 2.75) is 38.6 Å². The number of hydrogen-bond acceptors (Lipinski definition) is 3. The first-order chi connectivity index (χ1) is 8.99. The number of benzene rings is 1. The number of carbonyl (C=O) groups is 1. The van der Waals surface area contributed by atoms with Gasteiger partial charge in [0.1, 0.15) is 5.82 Å². The first-order valence-corrected chi connectivity index (χ1v) is 6.58. The highest BCUT2D eigenvalue weighted by molar-refractivity contribution is 5.94. The molecule has 4 N–H and O–H groups in total. The standard InChI is InChI=1S/C14H19FN2O2/c1-8(9-4-2-3-5-9)17-13-6-10(14(18)19)12(16)7-11(13)15/h6-9,17H,2-5,16H2,1H3,(H,18,19). The fourth-order valence-electron chi connectivity index (χ4n) is 2.70. The summed E-state index contributed by atoms with van der Waals surface area (Å²) in [6.07, 6.45) is 4.69. The number of aromatic carboxylic acids is 1. The van der Waals surface area contributed by atoms with Crippen molar-refractivity contribution >= 4 is 17.3 Å². The van der Waals surface area contributed by atoms with Crippen molar-refractivity contribution in [3.8, 4) is 0 Å². The zero-order chi connectivity index (χ0) is 14.0. The van der Waals surface area contributed by atoms with Gasteiger partial charge in [0.15, 0.2) is 0 Å². The number of anilines is 2. The summed E-state index contributed by atoms with van der Waals surface area (Å²) >= 11 is 0. The van der Waals surface area contributed by atoms with Crippen LogP contribution in [-0.4, -0.2) is 17.1 Å². The van der Waals surface area contributed by atoms with Crippen molar-refractivity contribution in [1.29, 1.82) is 0 Å². The molecule has 1 saturated carbocycles. The molecule has 1 fully saturated rings. The number of nitrogens with one attached hydrogen (secondary N) is 1. The second-order valence-electron chi connectivity index (χ2n) is 5.20. The van der Waals surface area contributed by atoms with E-state index >= 15 is 0 Å². The van der Waals surface area contributed by atoms with Crippen LogP contribution in [0.15, 0.2) is 12.1 Å². The van der Waals surface area contributed by atoms with Gasteiger partial charge in [0, 0.05) is 11.7 Å². The SMILES string of the molecule is CC(Nc1cc(C(=O)O)c(N)cc1F)C1CCCC1. The fraction of sp³-hybridized carbons (Fsp3) is 0.500. The predicted octanol–water partition coefficient (Wildman–Crippen LogP) is 3.10. The Morgan fingerprint density at radius 1 is 1.47 bits per heavy atom. The lowest BCUT2D eigenvalue weighted by Gasteiger charge is -2.22. The maximum atomic E-state index is 13.8. The molecule has 1 aromatic carbocycles. The lowest BCUT2D eigenvalue weighted by molar-refractivity contribution is 0.0698. The third-order valence-electron chi connectivity index (χ3n) is 3.86. The molecule has 0 heterocycles. The Balaban J connectivity index is 2.19. The number of halogens is 1. The molecule has 0 aliphatic heterocycles. The van der Waals surface area contributed by atoms with Gasteiger partial charge in [-0.1, -0.05) is 12.8 Å². The molecule has 104 valence electrons. The van der Waals surface area contributed by atoms with E-state index in [1.165, 1.54) is 18.9 Å². The summed E-state index contributed by atoms with van der Waals surface area (Å²) in [7, 11) is 0. The molecule has 0 spiro atoms. The molecular weight excluding hydrogens is 247 g/mol. The van der Waals surface area contributed by atoms with Gasteiger partial charge < -0.3 is 16.2 Å². The lowest BCUT2D eigenvalue weighted by atomic mass is 9.99. The van der Waals surface area contributed by atoms with Gasteiger partial charge in [0.25, 0.3) is 0 Å². The molecule has 0 saturated heterocycles. The third kappa shape index (κ3) is 2.97. The largest absolute Gasteiger partial charge is 0.478 e. The van der Waals surface area contributed by atoms with Crippen molar-refractivity contribution in [2.24, 2.45) is 5.92 Å². The van der Waals surface area contributed by atoms with Crippen LogP contribution in [0.4, 0.5) is 15.8 Å². The number of hydrogen-bond donors (Lipinski definition) is 3. The number of nitrogen functional groups attached to an aromatic ring is 1. The minimum Gasteiger partial charge on any atom is -0.478 e. The average molecular weight is 266 g/mol. The van der Waals surface area contributed by atoms with E-state index < -0.39 is 11.8 Å². The van der Waals surface area contributed by atoms with E-state index in [2.05, 4.69) is 5.32 Å². The summed E-state index contributed by atoms with van der Waals surface area (Å²) in [5.74, 6) is -1.13. The van der Waals surface area contributed by atoms with Crippen molar-refractivity contribution in [1.82, 2.24) is 0 Å². The van der Waals surface area contributed by atoms with Gasteiger partial charge in [-0.05, 0) is 37.8 Å². The van der Waals surface area contributed by atoms with E-state index in [0.717, 1.165) is 18.9 Å². The molecule has 1 aliphatic carbocycles. The number of nitrogens with two attached hydrogens (primary N) is 1. The molecule has 1 unspecified atom stereocenters. The van der Waals surface area contributed by atoms with Crippen molar-refractivity contribution in [3.05, 3.63) is 23.5 Å². The van der Waals surface area contributed by atoms with E-state index in [1.807, 2.05) is 6.92 Å². The Kier molecular flexibility index (Phi) is 3.93. The second-order valence-corrected chi connectivity index (χ2v) is 5.20. The quantitative estimate of drug-likeness (QED) is 0.732. The summed E-state index contributed by atoms with van der Waals surface area (Å²) in [5.41, 5.74) is 5.59. The summed E-state index contributed by atoms with van der Waals surface area (Å²) in [6, 6.07) is 2.47. The Hall–Kier alpha value is -1.78. The van der Waals surface area contributed by atoms with Crippen LogP contribution in [0.2, 0.25) is 0 Å². The Morgan fingerprint density at radius 3 is 2.68 bits per heavy atom. The minimum absolute atomic E-state index is 0.0518. The van der Waals surface area contributed by atoms with Crippen LogP contribution in [0.25, 0.3) is 0 Å². The zero-order valence-corrected chi connectivity index (χ0v) is 10.9. The van der Waals surface area contributed by atoms with Crippen LogP contribution in [-0.2, 0) is 0 Å². The highest BCUT2D eigenvalue weighted by Crippen LogP contribution is 2.30. The van der Waals surface area contributed by atoms with Gasteiger partial charge in [0.2, 0.25) is 0 Å². The fourth-order valence-corrected chi connectivity index (χ4v) is 2.70. The maximum Gasteiger partial charge on any atom is 0.337 e. The van der Waals surface area contributed by atoms with E-state index in [1.54, 1.807) is 0 Å². The van der Waals surface area contributed by atoms with Crippen LogP contribution in [0.1, 0.15) is 43.0 Å². The van der Waals surface area contributed by atoms with E-state index in [4.69, 9.17) is 10.8 Å².